The third-order valence-corrected chi connectivity index (χ3v) is 3.55. The first kappa shape index (κ1) is 19.0. The third kappa shape index (κ3) is 6.72. The van der Waals surface area contributed by atoms with Crippen molar-refractivity contribution in [2.75, 3.05) is 12.4 Å². The van der Waals surface area contributed by atoms with Crippen LogP contribution in [0.3, 0.4) is 0 Å². The monoisotopic (exact) mass is 321 g/mol. The van der Waals surface area contributed by atoms with Crippen molar-refractivity contribution in [3.8, 4) is 0 Å². The molecule has 0 fully saturated rings. The molecule has 0 heterocycles. The van der Waals surface area contributed by atoms with Crippen LogP contribution in [0.25, 0.3) is 0 Å². The summed E-state index contributed by atoms with van der Waals surface area (Å²) in [5, 5.41) is 11.8. The summed E-state index contributed by atoms with van der Waals surface area (Å²) in [5.41, 5.74) is 2.53. The molecule has 0 aromatic heterocycles. The van der Waals surface area contributed by atoms with Crippen LogP contribution in [0, 0.1) is 5.41 Å². The average molecular weight is 321 g/mol. The zero-order valence-corrected chi connectivity index (χ0v) is 14.4. The zero-order chi connectivity index (χ0) is 17.5. The number of rotatable bonds is 8. The van der Waals surface area contributed by atoms with Crippen LogP contribution in [0.5, 0.6) is 0 Å². The molecule has 5 nitrogen and oxygen atoms in total. The van der Waals surface area contributed by atoms with Crippen LogP contribution >= 0.6 is 0 Å². The highest BCUT2D eigenvalue weighted by Gasteiger charge is 2.23. The van der Waals surface area contributed by atoms with Gasteiger partial charge in [-0.2, -0.15) is 0 Å². The van der Waals surface area contributed by atoms with E-state index in [1.807, 2.05) is 46.0 Å². The second kappa shape index (κ2) is 8.56. The number of ether oxygens (including phenoxy) is 1. The molecule has 5 heteroatoms. The van der Waals surface area contributed by atoms with Crippen molar-refractivity contribution < 1.29 is 19.4 Å². The van der Waals surface area contributed by atoms with E-state index in [0.29, 0.717) is 6.42 Å². The maximum atomic E-state index is 11.9. The predicted octanol–water partition coefficient (Wildman–Crippen LogP) is 3.62. The molecular weight excluding hydrogens is 294 g/mol. The smallest absolute Gasteiger partial charge is 0.311 e. The lowest BCUT2D eigenvalue weighted by atomic mass is 9.97. The molecule has 0 amide bonds. The zero-order valence-electron chi connectivity index (χ0n) is 14.4. The number of carboxylic acids is 1. The Labute approximate surface area is 138 Å². The lowest BCUT2D eigenvalue weighted by Gasteiger charge is -2.18. The van der Waals surface area contributed by atoms with Gasteiger partial charge < -0.3 is 15.2 Å². The van der Waals surface area contributed by atoms with Crippen LogP contribution in [0.1, 0.15) is 51.2 Å². The number of hydrogen-bond acceptors (Lipinski definition) is 4. The first-order valence-electron chi connectivity index (χ1n) is 7.92. The second-order valence-corrected chi connectivity index (χ2v) is 6.66. The molecule has 0 spiro atoms. The van der Waals surface area contributed by atoms with E-state index in [0.717, 1.165) is 29.7 Å². The SMILES string of the molecule is CNc1ccc(COC(=O)C(C)(C)C)c(CCCCC(=O)O)c1. The normalized spacial score (nSPS) is 11.1. The van der Waals surface area contributed by atoms with E-state index in [2.05, 4.69) is 5.32 Å². The van der Waals surface area contributed by atoms with Crippen LogP contribution in [0.2, 0.25) is 0 Å². The van der Waals surface area contributed by atoms with Gasteiger partial charge in [0.05, 0.1) is 5.41 Å². The molecule has 0 aliphatic rings. The van der Waals surface area contributed by atoms with Crippen molar-refractivity contribution in [1.82, 2.24) is 0 Å². The quantitative estimate of drug-likeness (QED) is 0.565. The van der Waals surface area contributed by atoms with Gasteiger partial charge in [-0.1, -0.05) is 6.07 Å². The molecule has 1 aromatic carbocycles. The van der Waals surface area contributed by atoms with Gasteiger partial charge >= 0.3 is 11.9 Å². The van der Waals surface area contributed by atoms with Gasteiger partial charge in [0, 0.05) is 19.2 Å². The number of carboxylic acid groups (broad SMARTS) is 1. The summed E-state index contributed by atoms with van der Waals surface area (Å²) < 4.78 is 5.40. The summed E-state index contributed by atoms with van der Waals surface area (Å²) >= 11 is 0. The van der Waals surface area contributed by atoms with Gasteiger partial charge in [0.2, 0.25) is 0 Å². The lowest BCUT2D eigenvalue weighted by molar-refractivity contribution is -0.154. The Kier molecular flexibility index (Phi) is 7.07. The van der Waals surface area contributed by atoms with E-state index < -0.39 is 11.4 Å². The molecule has 0 saturated heterocycles. The van der Waals surface area contributed by atoms with Crippen molar-refractivity contribution >= 4 is 17.6 Å². The Morgan fingerprint density at radius 3 is 2.43 bits per heavy atom. The Morgan fingerprint density at radius 2 is 1.87 bits per heavy atom. The van der Waals surface area contributed by atoms with E-state index in [9.17, 15) is 9.59 Å². The molecule has 1 rings (SSSR count). The Morgan fingerprint density at radius 1 is 1.17 bits per heavy atom. The first-order valence-corrected chi connectivity index (χ1v) is 7.92. The van der Waals surface area contributed by atoms with Crippen LogP contribution in [-0.4, -0.2) is 24.1 Å². The number of nitrogens with one attached hydrogen (secondary N) is 1. The van der Waals surface area contributed by atoms with Gasteiger partial charge in [0.1, 0.15) is 6.61 Å². The highest BCUT2D eigenvalue weighted by Crippen LogP contribution is 2.21. The number of unbranched alkanes of at least 4 members (excludes halogenated alkanes) is 1. The van der Waals surface area contributed by atoms with Gasteiger partial charge in [-0.3, -0.25) is 9.59 Å². The maximum absolute atomic E-state index is 11.9. The molecule has 0 unspecified atom stereocenters. The lowest BCUT2D eigenvalue weighted by Crippen LogP contribution is -2.23. The average Bonchev–Trinajstić information content (AvgIpc) is 2.48. The minimum Gasteiger partial charge on any atom is -0.481 e. The Hall–Kier alpha value is -2.04. The van der Waals surface area contributed by atoms with Crippen LogP contribution in [-0.2, 0) is 27.4 Å². The molecule has 1 aromatic rings. The predicted molar refractivity (Wildman–Crippen MR) is 90.4 cm³/mol. The van der Waals surface area contributed by atoms with Gasteiger partial charge in [-0.25, -0.2) is 0 Å². The molecule has 2 N–H and O–H groups in total. The molecule has 0 aliphatic heterocycles. The van der Waals surface area contributed by atoms with Crippen molar-refractivity contribution in [2.45, 2.75) is 53.1 Å². The Bertz CT molecular complexity index is 546. The molecule has 0 radical (unpaired) electrons. The van der Waals surface area contributed by atoms with Gasteiger partial charge in [0.15, 0.2) is 0 Å². The number of carbonyl (C=O) groups is 2. The van der Waals surface area contributed by atoms with Crippen molar-refractivity contribution in [1.29, 1.82) is 0 Å². The number of aryl methyl sites for hydroxylation is 1. The van der Waals surface area contributed by atoms with E-state index in [-0.39, 0.29) is 19.0 Å². The fourth-order valence-electron chi connectivity index (χ4n) is 2.11. The van der Waals surface area contributed by atoms with Crippen molar-refractivity contribution in [3.05, 3.63) is 29.3 Å². The number of aliphatic carboxylic acids is 1. The molecular formula is C18H27NO4. The van der Waals surface area contributed by atoms with Crippen LogP contribution in [0.15, 0.2) is 18.2 Å². The van der Waals surface area contributed by atoms with Gasteiger partial charge in [-0.15, -0.1) is 0 Å². The number of esters is 1. The van der Waals surface area contributed by atoms with Crippen molar-refractivity contribution in [3.63, 3.8) is 0 Å². The van der Waals surface area contributed by atoms with E-state index >= 15 is 0 Å². The third-order valence-electron chi connectivity index (χ3n) is 3.55. The molecule has 128 valence electrons. The van der Waals surface area contributed by atoms with E-state index in [1.54, 1.807) is 0 Å². The summed E-state index contributed by atoms with van der Waals surface area (Å²) in [6.07, 6.45) is 2.38. The Balaban J connectivity index is 2.73. The minimum atomic E-state index is -0.770. The van der Waals surface area contributed by atoms with E-state index in [1.165, 1.54) is 0 Å². The maximum Gasteiger partial charge on any atom is 0.311 e. The fraction of sp³-hybridized carbons (Fsp3) is 0.556. The summed E-state index contributed by atoms with van der Waals surface area (Å²) in [6, 6.07) is 5.93. The molecule has 0 bridgehead atoms. The molecule has 23 heavy (non-hydrogen) atoms. The van der Waals surface area contributed by atoms with Crippen molar-refractivity contribution in [2.24, 2.45) is 5.41 Å². The highest BCUT2D eigenvalue weighted by molar-refractivity contribution is 5.75. The summed E-state index contributed by atoms with van der Waals surface area (Å²) in [5.74, 6) is -1.000. The number of hydrogen-bond donors (Lipinski definition) is 2. The standard InChI is InChI=1S/C18H27NO4/c1-18(2,3)17(22)23-12-14-9-10-15(19-4)11-13(14)7-5-6-8-16(20)21/h9-11,19H,5-8,12H2,1-4H3,(H,20,21). The largest absolute Gasteiger partial charge is 0.481 e. The van der Waals surface area contributed by atoms with Gasteiger partial charge in [0.25, 0.3) is 0 Å². The van der Waals surface area contributed by atoms with E-state index in [4.69, 9.17) is 9.84 Å². The summed E-state index contributed by atoms with van der Waals surface area (Å²) in [7, 11) is 1.85. The molecule has 0 atom stereocenters. The topological polar surface area (TPSA) is 75.6 Å². The molecule has 0 aliphatic carbocycles. The fourth-order valence-corrected chi connectivity index (χ4v) is 2.11. The van der Waals surface area contributed by atoms with Crippen LogP contribution < -0.4 is 5.32 Å². The number of benzene rings is 1. The number of anilines is 1. The summed E-state index contributed by atoms with van der Waals surface area (Å²) in [6.45, 7) is 5.72. The van der Waals surface area contributed by atoms with Gasteiger partial charge in [-0.05, 0) is 63.3 Å². The van der Waals surface area contributed by atoms with Crippen LogP contribution in [0.4, 0.5) is 5.69 Å². The minimum absolute atomic E-state index is 0.181. The second-order valence-electron chi connectivity index (χ2n) is 6.66. The first-order chi connectivity index (χ1) is 10.7. The number of carbonyl (C=O) groups excluding carboxylic acids is 1. The highest BCUT2D eigenvalue weighted by atomic mass is 16.5. The molecule has 0 saturated carbocycles. The summed E-state index contributed by atoms with van der Waals surface area (Å²) in [4.78, 5) is 22.5.